The SMILES string of the molecule is NCc1cc(Cn2cnc3ccccc3c2=O)ccc1F. The summed E-state index contributed by atoms with van der Waals surface area (Å²) in [6.45, 7) is 0.467. The average Bonchev–Trinajstić information content (AvgIpc) is 2.52. The minimum Gasteiger partial charge on any atom is -0.326 e. The van der Waals surface area contributed by atoms with Crippen LogP contribution in [-0.2, 0) is 13.1 Å². The minimum absolute atomic E-state index is 0.112. The van der Waals surface area contributed by atoms with Crippen LogP contribution in [-0.4, -0.2) is 9.55 Å². The van der Waals surface area contributed by atoms with Gasteiger partial charge in [0.05, 0.1) is 23.8 Å². The van der Waals surface area contributed by atoms with Crippen molar-refractivity contribution in [2.24, 2.45) is 5.73 Å². The lowest BCUT2D eigenvalue weighted by atomic mass is 10.1. The first kappa shape index (κ1) is 13.5. The molecule has 0 saturated heterocycles. The molecule has 0 atom stereocenters. The molecule has 0 fully saturated rings. The van der Waals surface area contributed by atoms with Gasteiger partial charge in [-0.2, -0.15) is 0 Å². The number of nitrogens with zero attached hydrogens (tertiary/aromatic N) is 2. The molecule has 0 bridgehead atoms. The lowest BCUT2D eigenvalue weighted by Gasteiger charge is -2.08. The third kappa shape index (κ3) is 2.55. The molecule has 21 heavy (non-hydrogen) atoms. The molecule has 4 nitrogen and oxygen atoms in total. The summed E-state index contributed by atoms with van der Waals surface area (Å²) in [6, 6.07) is 11.9. The van der Waals surface area contributed by atoms with Crippen molar-refractivity contribution in [2.75, 3.05) is 0 Å². The first-order valence-electron chi connectivity index (χ1n) is 6.60. The lowest BCUT2D eigenvalue weighted by Crippen LogP contribution is -2.21. The summed E-state index contributed by atoms with van der Waals surface area (Å²) in [5, 5.41) is 0.571. The van der Waals surface area contributed by atoms with E-state index in [9.17, 15) is 9.18 Å². The Morgan fingerprint density at radius 2 is 2.00 bits per heavy atom. The third-order valence-corrected chi connectivity index (χ3v) is 3.41. The first-order valence-corrected chi connectivity index (χ1v) is 6.60. The second-order valence-corrected chi connectivity index (χ2v) is 4.82. The Kier molecular flexibility index (Phi) is 3.50. The Hall–Kier alpha value is -2.53. The van der Waals surface area contributed by atoms with Crippen LogP contribution in [0.3, 0.4) is 0 Å². The van der Waals surface area contributed by atoms with E-state index in [-0.39, 0.29) is 17.9 Å². The lowest BCUT2D eigenvalue weighted by molar-refractivity contribution is 0.608. The molecule has 0 amide bonds. The summed E-state index contributed by atoms with van der Waals surface area (Å²) in [6.07, 6.45) is 1.51. The molecular formula is C16H14FN3O. The van der Waals surface area contributed by atoms with Gasteiger partial charge < -0.3 is 5.73 Å². The molecule has 0 aliphatic heterocycles. The van der Waals surface area contributed by atoms with E-state index in [0.717, 1.165) is 5.56 Å². The largest absolute Gasteiger partial charge is 0.326 e. The summed E-state index contributed by atoms with van der Waals surface area (Å²) in [5.41, 5.74) is 7.31. The third-order valence-electron chi connectivity index (χ3n) is 3.41. The van der Waals surface area contributed by atoms with Gasteiger partial charge in [0.15, 0.2) is 0 Å². The Bertz CT molecular complexity index is 858. The van der Waals surface area contributed by atoms with Crippen LogP contribution in [0, 0.1) is 5.82 Å². The number of aromatic nitrogens is 2. The standard InChI is InChI=1S/C16H14FN3O/c17-14-6-5-11(7-12(14)8-18)9-20-10-19-15-4-2-1-3-13(15)16(20)21/h1-7,10H,8-9,18H2. The van der Waals surface area contributed by atoms with Gasteiger partial charge in [0, 0.05) is 12.1 Å². The molecule has 3 aromatic rings. The van der Waals surface area contributed by atoms with E-state index >= 15 is 0 Å². The van der Waals surface area contributed by atoms with Crippen molar-refractivity contribution in [3.63, 3.8) is 0 Å². The zero-order valence-corrected chi connectivity index (χ0v) is 11.3. The molecule has 1 aromatic heterocycles. The van der Waals surface area contributed by atoms with E-state index in [2.05, 4.69) is 4.98 Å². The second kappa shape index (κ2) is 5.46. The fraction of sp³-hybridized carbons (Fsp3) is 0.125. The maximum atomic E-state index is 13.4. The molecule has 0 spiro atoms. The molecule has 1 heterocycles. The van der Waals surface area contributed by atoms with Gasteiger partial charge in [-0.3, -0.25) is 9.36 Å². The van der Waals surface area contributed by atoms with Crippen LogP contribution in [0.2, 0.25) is 0 Å². The van der Waals surface area contributed by atoms with E-state index in [1.54, 1.807) is 30.3 Å². The normalized spacial score (nSPS) is 11.0. The van der Waals surface area contributed by atoms with Crippen LogP contribution < -0.4 is 11.3 Å². The molecule has 0 aliphatic rings. The molecule has 2 N–H and O–H groups in total. The Labute approximate surface area is 120 Å². The van der Waals surface area contributed by atoms with Crippen LogP contribution in [0.4, 0.5) is 4.39 Å². The number of halogens is 1. The Morgan fingerprint density at radius 3 is 2.81 bits per heavy atom. The summed E-state index contributed by atoms with van der Waals surface area (Å²) in [5.74, 6) is -0.328. The molecule has 0 unspecified atom stereocenters. The van der Waals surface area contributed by atoms with Crippen molar-refractivity contribution in [3.8, 4) is 0 Å². The van der Waals surface area contributed by atoms with Crippen molar-refractivity contribution in [1.29, 1.82) is 0 Å². The molecule has 0 radical (unpaired) electrons. The maximum Gasteiger partial charge on any atom is 0.261 e. The van der Waals surface area contributed by atoms with Crippen LogP contribution in [0.5, 0.6) is 0 Å². The highest BCUT2D eigenvalue weighted by atomic mass is 19.1. The zero-order valence-electron chi connectivity index (χ0n) is 11.3. The molecular weight excluding hydrogens is 269 g/mol. The number of fused-ring (bicyclic) bond motifs is 1. The quantitative estimate of drug-likeness (QED) is 0.800. The van der Waals surface area contributed by atoms with Crippen LogP contribution >= 0.6 is 0 Å². The van der Waals surface area contributed by atoms with E-state index in [1.165, 1.54) is 17.0 Å². The molecule has 0 aliphatic carbocycles. The Balaban J connectivity index is 2.02. The second-order valence-electron chi connectivity index (χ2n) is 4.82. The van der Waals surface area contributed by atoms with E-state index in [4.69, 9.17) is 5.73 Å². The predicted molar refractivity (Wildman–Crippen MR) is 79.4 cm³/mol. The topological polar surface area (TPSA) is 60.9 Å². The summed E-state index contributed by atoms with van der Waals surface area (Å²) < 4.78 is 14.9. The van der Waals surface area contributed by atoms with Gasteiger partial charge in [0.1, 0.15) is 5.82 Å². The Morgan fingerprint density at radius 1 is 1.19 bits per heavy atom. The number of nitrogens with two attached hydrogens (primary N) is 1. The van der Waals surface area contributed by atoms with Crippen molar-refractivity contribution < 1.29 is 4.39 Å². The summed E-state index contributed by atoms with van der Waals surface area (Å²) in [7, 11) is 0. The smallest absolute Gasteiger partial charge is 0.261 e. The fourth-order valence-electron chi connectivity index (χ4n) is 2.30. The summed E-state index contributed by atoms with van der Waals surface area (Å²) >= 11 is 0. The fourth-order valence-corrected chi connectivity index (χ4v) is 2.30. The van der Waals surface area contributed by atoms with Gasteiger partial charge in [-0.25, -0.2) is 9.37 Å². The van der Waals surface area contributed by atoms with Crippen LogP contribution in [0.25, 0.3) is 10.9 Å². The number of hydrogen-bond acceptors (Lipinski definition) is 3. The molecule has 106 valence electrons. The number of hydrogen-bond donors (Lipinski definition) is 1. The molecule has 2 aromatic carbocycles. The predicted octanol–water partition coefficient (Wildman–Crippen LogP) is 2.04. The van der Waals surface area contributed by atoms with Crippen LogP contribution in [0.1, 0.15) is 11.1 Å². The van der Waals surface area contributed by atoms with Gasteiger partial charge in [-0.15, -0.1) is 0 Å². The zero-order chi connectivity index (χ0) is 14.8. The van der Waals surface area contributed by atoms with E-state index in [0.29, 0.717) is 23.0 Å². The molecule has 5 heteroatoms. The van der Waals surface area contributed by atoms with Gasteiger partial charge >= 0.3 is 0 Å². The highest BCUT2D eigenvalue weighted by Crippen LogP contribution is 2.11. The average molecular weight is 283 g/mol. The van der Waals surface area contributed by atoms with Crippen LogP contribution in [0.15, 0.2) is 53.6 Å². The van der Waals surface area contributed by atoms with Crippen molar-refractivity contribution in [2.45, 2.75) is 13.1 Å². The first-order chi connectivity index (χ1) is 10.2. The minimum atomic E-state index is -0.328. The number of rotatable bonds is 3. The molecule has 3 rings (SSSR count). The van der Waals surface area contributed by atoms with E-state index < -0.39 is 0 Å². The monoisotopic (exact) mass is 283 g/mol. The summed E-state index contributed by atoms with van der Waals surface area (Å²) in [4.78, 5) is 16.6. The van der Waals surface area contributed by atoms with Crippen molar-refractivity contribution >= 4 is 10.9 Å². The van der Waals surface area contributed by atoms with Crippen molar-refractivity contribution in [1.82, 2.24) is 9.55 Å². The number of para-hydroxylation sites is 1. The van der Waals surface area contributed by atoms with Gasteiger partial charge in [-0.05, 0) is 29.8 Å². The van der Waals surface area contributed by atoms with Crippen molar-refractivity contribution in [3.05, 3.63) is 76.1 Å². The molecule has 0 saturated carbocycles. The van der Waals surface area contributed by atoms with Gasteiger partial charge in [0.25, 0.3) is 5.56 Å². The van der Waals surface area contributed by atoms with Gasteiger partial charge in [-0.1, -0.05) is 18.2 Å². The maximum absolute atomic E-state index is 13.4. The number of benzene rings is 2. The highest BCUT2D eigenvalue weighted by molar-refractivity contribution is 5.76. The van der Waals surface area contributed by atoms with E-state index in [1.807, 2.05) is 6.07 Å². The highest BCUT2D eigenvalue weighted by Gasteiger charge is 2.06. The van der Waals surface area contributed by atoms with Gasteiger partial charge in [0.2, 0.25) is 0 Å².